The molecule has 1 fully saturated rings. The molecule has 1 aliphatic heterocycles. The van der Waals surface area contributed by atoms with Gasteiger partial charge >= 0.3 is 0 Å². The number of hydrogen-bond acceptors (Lipinski definition) is 2. The van der Waals surface area contributed by atoms with E-state index in [1.54, 1.807) is 0 Å². The second-order valence-electron chi connectivity index (χ2n) is 4.69. The predicted octanol–water partition coefficient (Wildman–Crippen LogP) is 4.43. The Morgan fingerprint density at radius 3 is 2.59 bits per heavy atom. The molecule has 0 saturated carbocycles. The summed E-state index contributed by atoms with van der Waals surface area (Å²) in [6.07, 6.45) is 0. The zero-order valence-electron chi connectivity index (χ0n) is 10.1. The van der Waals surface area contributed by atoms with Crippen molar-refractivity contribution in [2.45, 2.75) is 30.9 Å². The molecule has 2 rings (SSSR count). The lowest BCUT2D eigenvalue weighted by Crippen LogP contribution is -2.39. The summed E-state index contributed by atoms with van der Waals surface area (Å²) < 4.78 is 1.04. The van der Waals surface area contributed by atoms with Crippen LogP contribution in [0.25, 0.3) is 0 Å². The minimum Gasteiger partial charge on any atom is -0.297 e. The molecule has 0 N–H and O–H groups in total. The molecule has 0 aliphatic carbocycles. The standard InChI is InChI=1S/C13H17BrClNS/c1-9-6-16(7-10(2)17-9)8-11-3-4-12(14)5-13(11)15/h3-5,9-10H,6-8H2,1-2H3. The Kier molecular flexibility index (Phi) is 4.81. The fraction of sp³-hybridized carbons (Fsp3) is 0.538. The van der Waals surface area contributed by atoms with Crippen LogP contribution in [0, 0.1) is 0 Å². The highest BCUT2D eigenvalue weighted by atomic mass is 79.9. The highest BCUT2D eigenvalue weighted by Gasteiger charge is 2.22. The van der Waals surface area contributed by atoms with Crippen LogP contribution in [-0.4, -0.2) is 28.5 Å². The van der Waals surface area contributed by atoms with Gasteiger partial charge in [0.25, 0.3) is 0 Å². The van der Waals surface area contributed by atoms with Gasteiger partial charge in [-0.2, -0.15) is 11.8 Å². The van der Waals surface area contributed by atoms with E-state index in [9.17, 15) is 0 Å². The summed E-state index contributed by atoms with van der Waals surface area (Å²) >= 11 is 11.8. The topological polar surface area (TPSA) is 3.24 Å². The average Bonchev–Trinajstić information content (AvgIpc) is 2.21. The minimum atomic E-state index is 0.716. The molecule has 1 aromatic carbocycles. The van der Waals surface area contributed by atoms with E-state index in [1.165, 1.54) is 5.56 Å². The van der Waals surface area contributed by atoms with Crippen LogP contribution in [0.4, 0.5) is 0 Å². The van der Waals surface area contributed by atoms with Gasteiger partial charge in [-0.3, -0.25) is 4.90 Å². The van der Waals surface area contributed by atoms with Crippen molar-refractivity contribution >= 4 is 39.3 Å². The smallest absolute Gasteiger partial charge is 0.0462 e. The second kappa shape index (κ2) is 5.96. The first-order valence-electron chi connectivity index (χ1n) is 5.86. The Hall–Kier alpha value is 0.300. The summed E-state index contributed by atoms with van der Waals surface area (Å²) in [5, 5.41) is 2.29. The molecule has 1 saturated heterocycles. The van der Waals surface area contributed by atoms with E-state index in [1.807, 2.05) is 6.07 Å². The van der Waals surface area contributed by atoms with Crippen molar-refractivity contribution in [3.05, 3.63) is 33.3 Å². The van der Waals surface area contributed by atoms with Gasteiger partial charge in [0.2, 0.25) is 0 Å². The number of rotatable bonds is 2. The molecule has 0 aromatic heterocycles. The first-order chi connectivity index (χ1) is 8.04. The van der Waals surface area contributed by atoms with Crippen LogP contribution < -0.4 is 0 Å². The minimum absolute atomic E-state index is 0.716. The highest BCUT2D eigenvalue weighted by molar-refractivity contribution is 9.10. The van der Waals surface area contributed by atoms with Gasteiger partial charge in [0, 0.05) is 39.6 Å². The van der Waals surface area contributed by atoms with E-state index >= 15 is 0 Å². The molecule has 0 amide bonds. The molecule has 1 aromatic rings. The maximum absolute atomic E-state index is 6.26. The van der Waals surface area contributed by atoms with Gasteiger partial charge < -0.3 is 0 Å². The van der Waals surface area contributed by atoms with Gasteiger partial charge in [0.05, 0.1) is 0 Å². The lowest BCUT2D eigenvalue weighted by atomic mass is 10.2. The molecule has 4 heteroatoms. The van der Waals surface area contributed by atoms with Gasteiger partial charge in [-0.25, -0.2) is 0 Å². The van der Waals surface area contributed by atoms with Crippen LogP contribution in [0.1, 0.15) is 19.4 Å². The SMILES string of the molecule is CC1CN(Cc2ccc(Br)cc2Cl)CC(C)S1. The second-order valence-corrected chi connectivity index (χ2v) is 7.89. The summed E-state index contributed by atoms with van der Waals surface area (Å²) in [6, 6.07) is 6.15. The van der Waals surface area contributed by atoms with Crippen molar-refractivity contribution in [3.63, 3.8) is 0 Å². The maximum Gasteiger partial charge on any atom is 0.0462 e. The summed E-state index contributed by atoms with van der Waals surface area (Å²) in [4.78, 5) is 2.50. The van der Waals surface area contributed by atoms with Gasteiger partial charge in [-0.05, 0) is 17.7 Å². The summed E-state index contributed by atoms with van der Waals surface area (Å²) in [7, 11) is 0. The lowest BCUT2D eigenvalue weighted by Gasteiger charge is -2.34. The van der Waals surface area contributed by atoms with E-state index < -0.39 is 0 Å². The number of nitrogens with zero attached hydrogens (tertiary/aromatic N) is 1. The van der Waals surface area contributed by atoms with Crippen molar-refractivity contribution < 1.29 is 0 Å². The molecule has 17 heavy (non-hydrogen) atoms. The Labute approximate surface area is 121 Å². The van der Waals surface area contributed by atoms with Crippen LogP contribution in [0.3, 0.4) is 0 Å². The Bertz CT molecular complexity index is 389. The van der Waals surface area contributed by atoms with Gasteiger partial charge in [-0.1, -0.05) is 47.4 Å². The Morgan fingerprint density at radius 2 is 2.00 bits per heavy atom. The fourth-order valence-electron chi connectivity index (χ4n) is 2.30. The highest BCUT2D eigenvalue weighted by Crippen LogP contribution is 2.28. The van der Waals surface area contributed by atoms with E-state index in [4.69, 9.17) is 11.6 Å². The quantitative estimate of drug-likeness (QED) is 0.787. The first kappa shape index (κ1) is 13.7. The molecule has 0 bridgehead atoms. The van der Waals surface area contributed by atoms with Crippen LogP contribution >= 0.6 is 39.3 Å². The summed E-state index contributed by atoms with van der Waals surface area (Å²) in [5.74, 6) is 0. The average molecular weight is 335 g/mol. The van der Waals surface area contributed by atoms with E-state index in [0.717, 1.165) is 29.1 Å². The van der Waals surface area contributed by atoms with Crippen LogP contribution in [0.15, 0.2) is 22.7 Å². The molecule has 94 valence electrons. The van der Waals surface area contributed by atoms with Crippen LogP contribution in [0.5, 0.6) is 0 Å². The fourth-order valence-corrected chi connectivity index (χ4v) is 4.42. The Morgan fingerprint density at radius 1 is 1.35 bits per heavy atom. The van der Waals surface area contributed by atoms with Crippen molar-refractivity contribution in [2.75, 3.05) is 13.1 Å². The zero-order valence-corrected chi connectivity index (χ0v) is 13.3. The summed E-state index contributed by atoms with van der Waals surface area (Å²) in [6.45, 7) is 7.87. The molecule has 1 nitrogen and oxygen atoms in total. The maximum atomic E-state index is 6.26. The molecule has 2 unspecified atom stereocenters. The number of benzene rings is 1. The third kappa shape index (κ3) is 3.88. The van der Waals surface area contributed by atoms with Crippen molar-refractivity contribution in [2.24, 2.45) is 0 Å². The van der Waals surface area contributed by atoms with E-state index in [2.05, 4.69) is 58.6 Å². The Balaban J connectivity index is 2.04. The van der Waals surface area contributed by atoms with Gasteiger partial charge in [0.15, 0.2) is 0 Å². The van der Waals surface area contributed by atoms with Crippen molar-refractivity contribution in [1.82, 2.24) is 4.90 Å². The molecule has 0 spiro atoms. The van der Waals surface area contributed by atoms with Gasteiger partial charge in [-0.15, -0.1) is 0 Å². The van der Waals surface area contributed by atoms with E-state index in [0.29, 0.717) is 10.5 Å². The molecular formula is C13H17BrClNS. The van der Waals surface area contributed by atoms with Crippen LogP contribution in [-0.2, 0) is 6.54 Å². The molecule has 2 atom stereocenters. The van der Waals surface area contributed by atoms with Crippen LogP contribution in [0.2, 0.25) is 5.02 Å². The monoisotopic (exact) mass is 333 g/mol. The third-order valence-electron chi connectivity index (χ3n) is 2.90. The molecule has 0 radical (unpaired) electrons. The predicted molar refractivity (Wildman–Crippen MR) is 80.9 cm³/mol. The molecule has 1 heterocycles. The molecular weight excluding hydrogens is 318 g/mol. The number of halogens is 2. The zero-order chi connectivity index (χ0) is 12.4. The van der Waals surface area contributed by atoms with E-state index in [-0.39, 0.29) is 0 Å². The molecule has 1 aliphatic rings. The van der Waals surface area contributed by atoms with Gasteiger partial charge in [0.1, 0.15) is 0 Å². The number of hydrogen-bond donors (Lipinski definition) is 0. The lowest BCUT2D eigenvalue weighted by molar-refractivity contribution is 0.263. The first-order valence-corrected chi connectivity index (χ1v) is 7.97. The number of thioether (sulfide) groups is 1. The summed E-state index contributed by atoms with van der Waals surface area (Å²) in [5.41, 5.74) is 1.22. The largest absolute Gasteiger partial charge is 0.297 e. The third-order valence-corrected chi connectivity index (χ3v) is 4.98. The van der Waals surface area contributed by atoms with Crippen molar-refractivity contribution in [1.29, 1.82) is 0 Å². The van der Waals surface area contributed by atoms with Crippen molar-refractivity contribution in [3.8, 4) is 0 Å². The normalized spacial score (nSPS) is 26.1.